The van der Waals surface area contributed by atoms with E-state index in [9.17, 15) is 0 Å². The maximum atomic E-state index is 7.02. The average molecular weight is 82.1 g/mol. The van der Waals surface area contributed by atoms with Crippen molar-refractivity contribution in [3.05, 3.63) is 24.4 Å². The molecule has 0 saturated heterocycles. The summed E-state index contributed by atoms with van der Waals surface area (Å²) in [7, 11) is 0. The standard InChI is InChI=1S/C5H7N/c1-2-4-6-5-3-1/h1-4,6H,5H2/i5D. The summed E-state index contributed by atoms with van der Waals surface area (Å²) in [6, 6.07) is 0. The van der Waals surface area contributed by atoms with Gasteiger partial charge in [-0.25, -0.2) is 0 Å². The summed E-state index contributed by atoms with van der Waals surface area (Å²) in [5.74, 6) is 0. The molecule has 0 radical (unpaired) electrons. The van der Waals surface area contributed by atoms with Crippen LogP contribution in [0.5, 0.6) is 0 Å². The lowest BCUT2D eigenvalue weighted by atomic mass is 10.4. The van der Waals surface area contributed by atoms with Gasteiger partial charge in [-0.3, -0.25) is 0 Å². The second kappa shape index (κ2) is 1.65. The van der Waals surface area contributed by atoms with Gasteiger partial charge in [0.1, 0.15) is 0 Å². The third kappa shape index (κ3) is 0.612. The van der Waals surface area contributed by atoms with Crippen molar-refractivity contribution >= 4 is 0 Å². The number of rotatable bonds is 0. The normalized spacial score (nSPS) is 32.0. The molecular weight excluding hydrogens is 74.1 g/mol. The topological polar surface area (TPSA) is 12.0 Å². The van der Waals surface area contributed by atoms with Gasteiger partial charge in [-0.05, 0) is 12.3 Å². The Labute approximate surface area is 38.8 Å². The third-order valence-corrected chi connectivity index (χ3v) is 0.607. The van der Waals surface area contributed by atoms with Crippen LogP contribution in [-0.4, -0.2) is 6.52 Å². The molecule has 0 amide bonds. The number of hydrogen-bond acceptors (Lipinski definition) is 1. The van der Waals surface area contributed by atoms with E-state index in [4.69, 9.17) is 1.37 Å². The molecule has 0 aromatic rings. The first-order valence-electron chi connectivity index (χ1n) is 2.49. The Hall–Kier alpha value is -0.720. The maximum Gasteiger partial charge on any atom is 0.0535 e. The minimum Gasteiger partial charge on any atom is -0.387 e. The van der Waals surface area contributed by atoms with Gasteiger partial charge >= 0.3 is 0 Å². The second-order valence-electron chi connectivity index (χ2n) is 1.08. The van der Waals surface area contributed by atoms with Crippen LogP contribution in [0.25, 0.3) is 0 Å². The zero-order valence-electron chi connectivity index (χ0n) is 4.39. The van der Waals surface area contributed by atoms with Crippen molar-refractivity contribution in [1.29, 1.82) is 0 Å². The Morgan fingerprint density at radius 1 is 1.67 bits per heavy atom. The van der Waals surface area contributed by atoms with Gasteiger partial charge in [0.25, 0.3) is 0 Å². The molecule has 0 bridgehead atoms. The average Bonchev–Trinajstić information content (AvgIpc) is 1.69. The first-order chi connectivity index (χ1) is 3.39. The summed E-state index contributed by atoms with van der Waals surface area (Å²) in [5, 5.41) is 2.78. The minimum atomic E-state index is -0.231. The molecule has 0 aliphatic carbocycles. The third-order valence-electron chi connectivity index (χ3n) is 0.607. The Morgan fingerprint density at radius 3 is 3.00 bits per heavy atom. The molecule has 1 heterocycles. The fourth-order valence-corrected chi connectivity index (χ4v) is 0.342. The summed E-state index contributed by atoms with van der Waals surface area (Å²) in [4.78, 5) is 0. The molecule has 1 aliphatic heterocycles. The van der Waals surface area contributed by atoms with E-state index in [2.05, 4.69) is 5.32 Å². The highest BCUT2D eigenvalue weighted by Crippen LogP contribution is 1.78. The van der Waals surface area contributed by atoms with Gasteiger partial charge in [-0.2, -0.15) is 0 Å². The predicted octanol–water partition coefficient (Wildman–Crippen LogP) is 0.659. The van der Waals surface area contributed by atoms with Gasteiger partial charge in [-0.1, -0.05) is 12.2 Å². The molecular formula is C5H7N. The smallest absolute Gasteiger partial charge is 0.0535 e. The predicted molar refractivity (Wildman–Crippen MR) is 26.3 cm³/mol. The maximum absolute atomic E-state index is 7.02. The molecule has 1 aliphatic rings. The Bertz CT molecular complexity index is 107. The molecule has 0 spiro atoms. The van der Waals surface area contributed by atoms with Crippen molar-refractivity contribution in [2.24, 2.45) is 0 Å². The van der Waals surface area contributed by atoms with Crippen LogP contribution in [0.3, 0.4) is 0 Å². The molecule has 0 aromatic carbocycles. The fraction of sp³-hybridized carbons (Fsp3) is 0.200. The monoisotopic (exact) mass is 82.1 g/mol. The second-order valence-corrected chi connectivity index (χ2v) is 1.08. The first-order valence-corrected chi connectivity index (χ1v) is 1.91. The highest BCUT2D eigenvalue weighted by atomic mass is 14.8. The summed E-state index contributed by atoms with van der Waals surface area (Å²) in [6.07, 6.45) is 7.26. The van der Waals surface area contributed by atoms with Crippen LogP contribution in [0, 0.1) is 0 Å². The van der Waals surface area contributed by atoms with E-state index >= 15 is 0 Å². The van der Waals surface area contributed by atoms with E-state index < -0.39 is 0 Å². The van der Waals surface area contributed by atoms with Gasteiger partial charge in [0, 0.05) is 6.52 Å². The van der Waals surface area contributed by atoms with Crippen molar-refractivity contribution in [2.45, 2.75) is 0 Å². The van der Waals surface area contributed by atoms with Gasteiger partial charge in [0.2, 0.25) is 0 Å². The molecule has 0 aromatic heterocycles. The Morgan fingerprint density at radius 2 is 2.67 bits per heavy atom. The molecule has 6 heavy (non-hydrogen) atoms. The molecule has 0 saturated carbocycles. The number of allylic oxidation sites excluding steroid dienone is 2. The van der Waals surface area contributed by atoms with Crippen LogP contribution in [0.2, 0.25) is 0 Å². The summed E-state index contributed by atoms with van der Waals surface area (Å²) in [5.41, 5.74) is 0. The molecule has 1 atom stereocenters. The van der Waals surface area contributed by atoms with E-state index in [1.165, 1.54) is 0 Å². The lowest BCUT2D eigenvalue weighted by Gasteiger charge is -1.94. The highest BCUT2D eigenvalue weighted by Gasteiger charge is 1.73. The van der Waals surface area contributed by atoms with Crippen LogP contribution in [-0.2, 0) is 0 Å². The molecule has 0 fully saturated rings. The number of dihydropyridines is 1. The van der Waals surface area contributed by atoms with Crippen LogP contribution in [0.15, 0.2) is 24.4 Å². The molecule has 1 rings (SSSR count). The zero-order valence-corrected chi connectivity index (χ0v) is 3.39. The van der Waals surface area contributed by atoms with Crippen LogP contribution in [0.1, 0.15) is 1.37 Å². The summed E-state index contributed by atoms with van der Waals surface area (Å²) < 4.78 is 7.02. The molecule has 1 nitrogen and oxygen atoms in total. The van der Waals surface area contributed by atoms with Crippen molar-refractivity contribution in [2.75, 3.05) is 6.52 Å². The SMILES string of the molecule is [2H]C1C=CC=CN1. The Balaban J connectivity index is 2.49. The van der Waals surface area contributed by atoms with Crippen LogP contribution >= 0.6 is 0 Å². The number of hydrogen-bond donors (Lipinski definition) is 1. The zero-order chi connectivity index (χ0) is 5.11. The quantitative estimate of drug-likeness (QED) is 0.452. The van der Waals surface area contributed by atoms with E-state index in [1.807, 2.05) is 12.2 Å². The Kier molecular flexibility index (Phi) is 0.675. The van der Waals surface area contributed by atoms with E-state index in [-0.39, 0.29) is 6.52 Å². The van der Waals surface area contributed by atoms with Crippen LogP contribution in [0.4, 0.5) is 0 Å². The summed E-state index contributed by atoms with van der Waals surface area (Å²) in [6.45, 7) is -0.231. The van der Waals surface area contributed by atoms with Crippen molar-refractivity contribution in [3.63, 3.8) is 0 Å². The van der Waals surface area contributed by atoms with Crippen LogP contribution < -0.4 is 5.32 Å². The molecule has 1 N–H and O–H groups in total. The van der Waals surface area contributed by atoms with E-state index in [1.54, 1.807) is 12.3 Å². The van der Waals surface area contributed by atoms with Crippen molar-refractivity contribution < 1.29 is 1.37 Å². The van der Waals surface area contributed by atoms with Gasteiger partial charge in [0.05, 0.1) is 1.37 Å². The highest BCUT2D eigenvalue weighted by molar-refractivity contribution is 5.06. The summed E-state index contributed by atoms with van der Waals surface area (Å²) >= 11 is 0. The minimum absolute atomic E-state index is 0.231. The van der Waals surface area contributed by atoms with E-state index in [0.29, 0.717) is 0 Å². The largest absolute Gasteiger partial charge is 0.387 e. The number of nitrogens with one attached hydrogen (secondary N) is 1. The molecule has 32 valence electrons. The van der Waals surface area contributed by atoms with Gasteiger partial charge in [0.15, 0.2) is 0 Å². The van der Waals surface area contributed by atoms with E-state index in [0.717, 1.165) is 0 Å². The van der Waals surface area contributed by atoms with Crippen molar-refractivity contribution in [1.82, 2.24) is 5.32 Å². The molecule has 1 unspecified atom stereocenters. The lowest BCUT2D eigenvalue weighted by molar-refractivity contribution is 0.972. The van der Waals surface area contributed by atoms with Crippen molar-refractivity contribution in [3.8, 4) is 0 Å². The van der Waals surface area contributed by atoms with Gasteiger partial charge < -0.3 is 5.32 Å². The van der Waals surface area contributed by atoms with Gasteiger partial charge in [-0.15, -0.1) is 0 Å². The lowest BCUT2D eigenvalue weighted by Crippen LogP contribution is -2.05. The first kappa shape index (κ1) is 2.45. The molecule has 1 heteroatoms. The fourth-order valence-electron chi connectivity index (χ4n) is 0.342.